The van der Waals surface area contributed by atoms with E-state index in [1.54, 1.807) is 30.0 Å². The maximum Gasteiger partial charge on any atom is 0.262 e. The highest BCUT2D eigenvalue weighted by atomic mass is 32.2. The largest absolute Gasteiger partial charge is 0.330 e. The van der Waals surface area contributed by atoms with Gasteiger partial charge in [-0.2, -0.15) is 0 Å². The number of amides is 1. The molecule has 0 bridgehead atoms. The number of hydrogen-bond donors (Lipinski definition) is 1. The normalized spacial score (nSPS) is 11.2. The Balaban J connectivity index is 1.67. The minimum atomic E-state index is -3.90. The van der Waals surface area contributed by atoms with Gasteiger partial charge in [0.15, 0.2) is 0 Å². The van der Waals surface area contributed by atoms with Crippen molar-refractivity contribution in [1.82, 2.24) is 4.90 Å². The van der Waals surface area contributed by atoms with Gasteiger partial charge in [-0.3, -0.25) is 9.52 Å². The average molecular weight is 499 g/mol. The summed E-state index contributed by atoms with van der Waals surface area (Å²) in [4.78, 5) is 15.5. The molecule has 0 saturated heterocycles. The van der Waals surface area contributed by atoms with Gasteiger partial charge in [-0.25, -0.2) is 8.42 Å². The van der Waals surface area contributed by atoms with Crippen molar-refractivity contribution in [3.8, 4) is 0 Å². The van der Waals surface area contributed by atoms with Crippen molar-refractivity contribution in [2.24, 2.45) is 0 Å². The molecule has 4 aromatic rings. The number of carbonyl (C=O) groups is 1. The van der Waals surface area contributed by atoms with Crippen LogP contribution < -0.4 is 4.72 Å². The number of anilines is 1. The predicted octanol–water partition coefficient (Wildman–Crippen LogP) is 6.26. The molecular weight excluding hydrogens is 468 g/mol. The highest BCUT2D eigenvalue weighted by molar-refractivity contribution is 7.92. The Morgan fingerprint density at radius 2 is 1.31 bits per heavy atom. The van der Waals surface area contributed by atoms with Crippen LogP contribution in [0.4, 0.5) is 5.69 Å². The summed E-state index contributed by atoms with van der Waals surface area (Å²) >= 11 is 0. The monoisotopic (exact) mass is 498 g/mol. The van der Waals surface area contributed by atoms with Crippen molar-refractivity contribution in [2.45, 2.75) is 38.8 Å². The average Bonchev–Trinajstić information content (AvgIpc) is 2.87. The van der Waals surface area contributed by atoms with E-state index >= 15 is 0 Å². The number of benzene rings is 4. The van der Waals surface area contributed by atoms with Crippen LogP contribution in [0, 0.1) is 20.8 Å². The molecule has 4 aromatic carbocycles. The minimum absolute atomic E-state index is 0.0913. The number of nitrogens with zero attached hydrogens (tertiary/aromatic N) is 1. The molecule has 0 aliphatic rings. The second-order valence-corrected chi connectivity index (χ2v) is 10.6. The first-order valence-electron chi connectivity index (χ1n) is 11.8. The third-order valence-electron chi connectivity index (χ3n) is 6.29. The molecule has 0 atom stereocenters. The van der Waals surface area contributed by atoms with Crippen LogP contribution in [0.15, 0.2) is 102 Å². The maximum atomic E-state index is 13.7. The zero-order chi connectivity index (χ0) is 25.7. The molecule has 1 amide bonds. The lowest BCUT2D eigenvalue weighted by atomic mass is 10.1. The molecule has 6 heteroatoms. The van der Waals surface area contributed by atoms with E-state index in [1.807, 2.05) is 86.6 Å². The van der Waals surface area contributed by atoms with Crippen LogP contribution in [0.2, 0.25) is 0 Å². The van der Waals surface area contributed by atoms with E-state index < -0.39 is 10.0 Å². The molecule has 0 radical (unpaired) electrons. The summed E-state index contributed by atoms with van der Waals surface area (Å²) in [6.07, 6.45) is 0. The fraction of sp³-hybridized carbons (Fsp3) is 0.167. The lowest BCUT2D eigenvalue weighted by Gasteiger charge is -2.24. The summed E-state index contributed by atoms with van der Waals surface area (Å²) in [6.45, 7) is 6.37. The summed E-state index contributed by atoms with van der Waals surface area (Å²) in [5, 5.41) is 0. The quantitative estimate of drug-likeness (QED) is 0.312. The first-order valence-corrected chi connectivity index (χ1v) is 13.3. The highest BCUT2D eigenvalue weighted by Crippen LogP contribution is 2.25. The van der Waals surface area contributed by atoms with E-state index in [9.17, 15) is 13.2 Å². The number of aryl methyl sites for hydroxylation is 2. The summed E-state index contributed by atoms with van der Waals surface area (Å²) in [5.74, 6) is -0.231. The molecule has 5 nitrogen and oxygen atoms in total. The van der Waals surface area contributed by atoms with E-state index in [0.717, 1.165) is 22.3 Å². The number of hydrogen-bond acceptors (Lipinski definition) is 3. The summed E-state index contributed by atoms with van der Waals surface area (Å²) in [7, 11) is -3.90. The Morgan fingerprint density at radius 3 is 1.89 bits per heavy atom. The molecule has 0 heterocycles. The predicted molar refractivity (Wildman–Crippen MR) is 144 cm³/mol. The van der Waals surface area contributed by atoms with Crippen molar-refractivity contribution in [3.63, 3.8) is 0 Å². The number of carbonyl (C=O) groups excluding carboxylic acids is 1. The zero-order valence-corrected chi connectivity index (χ0v) is 21.5. The third-order valence-corrected chi connectivity index (χ3v) is 7.80. The van der Waals surface area contributed by atoms with Gasteiger partial charge in [-0.05, 0) is 66.8 Å². The maximum absolute atomic E-state index is 13.7. The Morgan fingerprint density at radius 1 is 0.722 bits per heavy atom. The van der Waals surface area contributed by atoms with Crippen molar-refractivity contribution < 1.29 is 13.2 Å². The molecule has 0 aromatic heterocycles. The Labute approximate surface area is 213 Å². The summed E-state index contributed by atoms with van der Waals surface area (Å²) in [5.41, 5.74) is 5.28. The van der Waals surface area contributed by atoms with Gasteiger partial charge >= 0.3 is 0 Å². The molecule has 0 saturated carbocycles. The molecule has 184 valence electrons. The summed E-state index contributed by atoms with van der Waals surface area (Å²) < 4.78 is 29.5. The molecule has 0 fully saturated rings. The molecule has 4 rings (SSSR count). The van der Waals surface area contributed by atoms with Crippen LogP contribution in [-0.4, -0.2) is 19.2 Å². The van der Waals surface area contributed by atoms with Gasteiger partial charge in [0.2, 0.25) is 0 Å². The first-order chi connectivity index (χ1) is 17.2. The van der Waals surface area contributed by atoms with E-state index in [0.29, 0.717) is 29.9 Å². The SMILES string of the molecule is Cc1ccc(C(=O)N(Cc2ccccc2)Cc2ccccc2)cc1S(=O)(=O)Nc1cccc(C)c1C. The van der Waals surface area contributed by atoms with Gasteiger partial charge in [-0.1, -0.05) is 78.9 Å². The molecular formula is C30H30N2O3S. The fourth-order valence-electron chi connectivity index (χ4n) is 4.07. The van der Waals surface area contributed by atoms with Gasteiger partial charge in [0.1, 0.15) is 0 Å². The number of sulfonamides is 1. The minimum Gasteiger partial charge on any atom is -0.330 e. The molecule has 0 aliphatic carbocycles. The third kappa shape index (κ3) is 5.83. The van der Waals surface area contributed by atoms with Crippen molar-refractivity contribution in [1.29, 1.82) is 0 Å². The van der Waals surface area contributed by atoms with Crippen LogP contribution in [0.1, 0.15) is 38.2 Å². The van der Waals surface area contributed by atoms with Gasteiger partial charge in [-0.15, -0.1) is 0 Å². The van der Waals surface area contributed by atoms with Gasteiger partial charge in [0.05, 0.1) is 10.6 Å². The van der Waals surface area contributed by atoms with Crippen molar-refractivity contribution in [3.05, 3.63) is 130 Å². The van der Waals surface area contributed by atoms with E-state index in [2.05, 4.69) is 4.72 Å². The Bertz CT molecular complexity index is 1430. The van der Waals surface area contributed by atoms with Crippen molar-refractivity contribution >= 4 is 21.6 Å². The van der Waals surface area contributed by atoms with Crippen LogP contribution in [0.25, 0.3) is 0 Å². The zero-order valence-electron chi connectivity index (χ0n) is 20.7. The fourth-order valence-corrected chi connectivity index (χ4v) is 5.47. The Hall–Kier alpha value is -3.90. The van der Waals surface area contributed by atoms with E-state index in [4.69, 9.17) is 0 Å². The van der Waals surface area contributed by atoms with Gasteiger partial charge < -0.3 is 4.90 Å². The van der Waals surface area contributed by atoms with Crippen LogP contribution in [0.3, 0.4) is 0 Å². The molecule has 1 N–H and O–H groups in total. The van der Waals surface area contributed by atoms with Gasteiger partial charge in [0, 0.05) is 18.7 Å². The number of nitrogens with one attached hydrogen (secondary N) is 1. The second-order valence-electron chi connectivity index (χ2n) is 8.97. The Kier molecular flexibility index (Phi) is 7.55. The summed E-state index contributed by atoms with van der Waals surface area (Å²) in [6, 6.07) is 29.9. The topological polar surface area (TPSA) is 66.5 Å². The van der Waals surface area contributed by atoms with Crippen molar-refractivity contribution in [2.75, 3.05) is 4.72 Å². The molecule has 36 heavy (non-hydrogen) atoms. The van der Waals surface area contributed by atoms with Crippen LogP contribution in [0.5, 0.6) is 0 Å². The van der Waals surface area contributed by atoms with Crippen LogP contribution in [-0.2, 0) is 23.1 Å². The molecule has 0 spiro atoms. The van der Waals surface area contributed by atoms with Crippen LogP contribution >= 0.6 is 0 Å². The lowest BCUT2D eigenvalue weighted by Crippen LogP contribution is -2.30. The smallest absolute Gasteiger partial charge is 0.262 e. The highest BCUT2D eigenvalue weighted by Gasteiger charge is 2.23. The van der Waals surface area contributed by atoms with Gasteiger partial charge in [0.25, 0.3) is 15.9 Å². The number of rotatable bonds is 8. The van der Waals surface area contributed by atoms with E-state index in [-0.39, 0.29) is 10.8 Å². The van der Waals surface area contributed by atoms with E-state index in [1.165, 1.54) is 6.07 Å². The molecule has 0 unspecified atom stereocenters. The first kappa shape index (κ1) is 25.2. The standard InChI is InChI=1S/C30H30N2O3S/c1-22-11-10-16-28(24(22)3)31-36(34,35)29-19-27(18-17-23(29)2)30(33)32(20-25-12-6-4-7-13-25)21-26-14-8-5-9-15-26/h4-19,31H,20-21H2,1-3H3. The second kappa shape index (κ2) is 10.8. The molecule has 0 aliphatic heterocycles. The lowest BCUT2D eigenvalue weighted by molar-refractivity contribution is 0.0729.